The van der Waals surface area contributed by atoms with Crippen LogP contribution in [0.1, 0.15) is 89.8 Å². The summed E-state index contributed by atoms with van der Waals surface area (Å²) in [4.78, 5) is 12.8. The predicted octanol–water partition coefficient (Wildman–Crippen LogP) is 6.54. The number of nitrogens with two attached hydrogens (primary N) is 2. The van der Waals surface area contributed by atoms with Crippen LogP contribution in [-0.4, -0.2) is 37.4 Å². The second-order valence-electron chi connectivity index (χ2n) is 12.3. The van der Waals surface area contributed by atoms with Gasteiger partial charge in [-0.05, 0) is 108 Å². The monoisotopic (exact) mass is 536 g/mol. The molecule has 0 heterocycles. The summed E-state index contributed by atoms with van der Waals surface area (Å²) in [5.74, 6) is 1.34. The van der Waals surface area contributed by atoms with Crippen LogP contribution in [0.3, 0.4) is 0 Å². The van der Waals surface area contributed by atoms with Crippen molar-refractivity contribution in [3.8, 4) is 11.5 Å². The first-order chi connectivity index (χ1) is 18.3. The molecular formula is C33H48N2O4. The molecule has 0 aliphatic heterocycles. The zero-order chi connectivity index (χ0) is 28.7. The molecule has 0 saturated carbocycles. The predicted molar refractivity (Wildman–Crippen MR) is 160 cm³/mol. The topological polar surface area (TPSA) is 96.8 Å². The number of allylic oxidation sites excluding steroid dienone is 1. The maximum atomic E-state index is 12.8. The lowest BCUT2D eigenvalue weighted by atomic mass is 9.68. The SMILES string of the molecule is COc1cc(OCCCCCOC(=O)C(C)(C)C(C)(N)CC(C)(C)N)ccc1C1=Cc2ccccc2CCC1. The van der Waals surface area contributed by atoms with E-state index in [4.69, 9.17) is 25.7 Å². The maximum Gasteiger partial charge on any atom is 0.313 e. The fourth-order valence-corrected chi connectivity index (χ4v) is 5.19. The van der Waals surface area contributed by atoms with Crippen molar-refractivity contribution in [2.45, 2.75) is 90.6 Å². The first-order valence-electron chi connectivity index (χ1n) is 14.2. The van der Waals surface area contributed by atoms with Gasteiger partial charge < -0.3 is 25.7 Å². The molecule has 0 fully saturated rings. The molecule has 1 aliphatic carbocycles. The lowest BCUT2D eigenvalue weighted by Gasteiger charge is -2.42. The molecule has 0 amide bonds. The lowest BCUT2D eigenvalue weighted by molar-refractivity contribution is -0.158. The van der Waals surface area contributed by atoms with E-state index in [0.717, 1.165) is 55.6 Å². The van der Waals surface area contributed by atoms with E-state index in [-0.39, 0.29) is 5.97 Å². The first-order valence-corrected chi connectivity index (χ1v) is 14.2. The highest BCUT2D eigenvalue weighted by Crippen LogP contribution is 2.37. The van der Waals surface area contributed by atoms with Crippen LogP contribution in [0, 0.1) is 5.41 Å². The van der Waals surface area contributed by atoms with Gasteiger partial charge in [-0.15, -0.1) is 0 Å². The Bertz CT molecular complexity index is 1140. The number of hydrogen-bond acceptors (Lipinski definition) is 6. The van der Waals surface area contributed by atoms with Crippen LogP contribution in [0.4, 0.5) is 0 Å². The van der Waals surface area contributed by atoms with E-state index in [1.165, 1.54) is 16.7 Å². The van der Waals surface area contributed by atoms with Crippen molar-refractivity contribution < 1.29 is 19.0 Å². The lowest BCUT2D eigenvalue weighted by Crippen LogP contribution is -2.59. The van der Waals surface area contributed by atoms with E-state index >= 15 is 0 Å². The molecule has 39 heavy (non-hydrogen) atoms. The van der Waals surface area contributed by atoms with Crippen molar-refractivity contribution in [3.63, 3.8) is 0 Å². The van der Waals surface area contributed by atoms with Crippen molar-refractivity contribution in [3.05, 3.63) is 59.2 Å². The smallest absolute Gasteiger partial charge is 0.313 e. The number of methoxy groups -OCH3 is 1. The van der Waals surface area contributed by atoms with Crippen LogP contribution < -0.4 is 20.9 Å². The van der Waals surface area contributed by atoms with Crippen molar-refractivity contribution >= 4 is 17.6 Å². The van der Waals surface area contributed by atoms with E-state index in [1.807, 2.05) is 46.8 Å². The van der Waals surface area contributed by atoms with Crippen molar-refractivity contribution in [1.82, 2.24) is 0 Å². The van der Waals surface area contributed by atoms with E-state index in [1.54, 1.807) is 7.11 Å². The van der Waals surface area contributed by atoms with E-state index in [9.17, 15) is 4.79 Å². The van der Waals surface area contributed by atoms with E-state index < -0.39 is 16.5 Å². The Morgan fingerprint density at radius 3 is 2.36 bits per heavy atom. The quantitative estimate of drug-likeness (QED) is 0.223. The standard InChI is InChI=1S/C33H48N2O4/c1-31(2,34)23-33(5,35)32(3,4)30(36)39-20-11-7-10-19-38-27-17-18-28(29(22-27)37-6)26-16-12-15-24-13-8-9-14-25(24)21-26/h8-9,13-14,17-18,21-22H,7,10-12,15-16,19-20,23,34-35H2,1-6H3. The second kappa shape index (κ2) is 13.0. The summed E-state index contributed by atoms with van der Waals surface area (Å²) >= 11 is 0. The zero-order valence-electron chi connectivity index (χ0n) is 24.8. The van der Waals surface area contributed by atoms with Gasteiger partial charge in [0.05, 0.1) is 25.7 Å². The van der Waals surface area contributed by atoms with Gasteiger partial charge in [-0.25, -0.2) is 0 Å². The highest BCUT2D eigenvalue weighted by molar-refractivity contribution is 5.85. The Labute approximate surface area is 235 Å². The Morgan fingerprint density at radius 2 is 1.64 bits per heavy atom. The molecule has 1 atom stereocenters. The van der Waals surface area contributed by atoms with Crippen LogP contribution in [0.15, 0.2) is 42.5 Å². The van der Waals surface area contributed by atoms with Gasteiger partial charge in [0.1, 0.15) is 11.5 Å². The minimum absolute atomic E-state index is 0.285. The number of rotatable bonds is 13. The largest absolute Gasteiger partial charge is 0.496 e. The number of fused-ring (bicyclic) bond motifs is 1. The molecule has 4 N–H and O–H groups in total. The summed E-state index contributed by atoms with van der Waals surface area (Å²) in [6.45, 7) is 10.3. The van der Waals surface area contributed by atoms with Gasteiger partial charge in [-0.1, -0.05) is 30.3 Å². The Balaban J connectivity index is 1.45. The summed E-state index contributed by atoms with van der Waals surface area (Å²) in [5.41, 5.74) is 15.7. The molecule has 2 aromatic rings. The Morgan fingerprint density at radius 1 is 0.923 bits per heavy atom. The number of hydrogen-bond donors (Lipinski definition) is 2. The summed E-state index contributed by atoms with van der Waals surface area (Å²) in [5, 5.41) is 0. The third-order valence-electron chi connectivity index (χ3n) is 7.85. The molecule has 2 aromatic carbocycles. The Hall–Kier alpha value is -2.83. The average molecular weight is 537 g/mol. The molecule has 6 nitrogen and oxygen atoms in total. The number of unbranched alkanes of at least 4 members (excludes halogenated alkanes) is 2. The van der Waals surface area contributed by atoms with Gasteiger partial charge >= 0.3 is 5.97 Å². The number of aryl methyl sites for hydroxylation is 1. The normalized spacial score (nSPS) is 15.4. The number of esters is 1. The van der Waals surface area contributed by atoms with Crippen LogP contribution in [0.2, 0.25) is 0 Å². The fraction of sp³-hybridized carbons (Fsp3) is 0.545. The molecule has 1 aliphatic rings. The second-order valence-corrected chi connectivity index (χ2v) is 12.3. The third kappa shape index (κ3) is 8.33. The minimum Gasteiger partial charge on any atom is -0.496 e. The molecule has 1 unspecified atom stereocenters. The molecule has 6 heteroatoms. The van der Waals surface area contributed by atoms with Crippen LogP contribution in [0.5, 0.6) is 11.5 Å². The summed E-state index contributed by atoms with van der Waals surface area (Å²) < 4.78 is 17.3. The van der Waals surface area contributed by atoms with Gasteiger partial charge in [0.2, 0.25) is 0 Å². The van der Waals surface area contributed by atoms with Gasteiger partial charge in [0, 0.05) is 22.7 Å². The molecule has 0 saturated heterocycles. The van der Waals surface area contributed by atoms with Gasteiger partial charge in [0.15, 0.2) is 0 Å². The van der Waals surface area contributed by atoms with Crippen LogP contribution in [-0.2, 0) is 16.0 Å². The summed E-state index contributed by atoms with van der Waals surface area (Å²) in [6.07, 6.45) is 8.56. The average Bonchev–Trinajstić information content (AvgIpc) is 3.08. The van der Waals surface area contributed by atoms with Gasteiger partial charge in [-0.3, -0.25) is 4.79 Å². The molecular weight excluding hydrogens is 488 g/mol. The highest BCUT2D eigenvalue weighted by atomic mass is 16.5. The minimum atomic E-state index is -0.839. The highest BCUT2D eigenvalue weighted by Gasteiger charge is 2.46. The van der Waals surface area contributed by atoms with Crippen LogP contribution in [0.25, 0.3) is 11.6 Å². The summed E-state index contributed by atoms with van der Waals surface area (Å²) in [7, 11) is 1.71. The molecule has 214 valence electrons. The van der Waals surface area contributed by atoms with Crippen molar-refractivity contribution in [2.75, 3.05) is 20.3 Å². The van der Waals surface area contributed by atoms with Gasteiger partial charge in [0.25, 0.3) is 0 Å². The molecule has 0 radical (unpaired) electrons. The number of carbonyl (C=O) groups is 1. The number of ether oxygens (including phenoxy) is 3. The Kier molecular flexibility index (Phi) is 10.2. The number of benzene rings is 2. The summed E-state index contributed by atoms with van der Waals surface area (Å²) in [6, 6.07) is 14.7. The fourth-order valence-electron chi connectivity index (χ4n) is 5.19. The van der Waals surface area contributed by atoms with E-state index in [2.05, 4.69) is 36.4 Å². The molecule has 0 bridgehead atoms. The molecule has 0 aromatic heterocycles. The first kappa shape index (κ1) is 30.7. The zero-order valence-corrected chi connectivity index (χ0v) is 24.8. The number of carbonyl (C=O) groups excluding carboxylic acids is 1. The van der Waals surface area contributed by atoms with E-state index in [0.29, 0.717) is 19.6 Å². The van der Waals surface area contributed by atoms with Gasteiger partial charge in [-0.2, -0.15) is 0 Å². The van der Waals surface area contributed by atoms with Crippen molar-refractivity contribution in [1.29, 1.82) is 0 Å². The van der Waals surface area contributed by atoms with Crippen molar-refractivity contribution in [2.24, 2.45) is 16.9 Å². The molecule has 0 spiro atoms. The molecule has 3 rings (SSSR count). The maximum absolute atomic E-state index is 12.8. The third-order valence-corrected chi connectivity index (χ3v) is 7.85. The van der Waals surface area contributed by atoms with Crippen LogP contribution >= 0.6 is 0 Å².